The molecule has 0 bridgehead atoms. The van der Waals surface area contributed by atoms with E-state index in [1.54, 1.807) is 24.3 Å². The molecule has 1 N–H and O–H groups in total. The molecule has 0 radical (unpaired) electrons. The lowest BCUT2D eigenvalue weighted by Crippen LogP contribution is -2.54. The Morgan fingerprint density at radius 2 is 1.81 bits per heavy atom. The lowest BCUT2D eigenvalue weighted by atomic mass is 10.1. The van der Waals surface area contributed by atoms with E-state index >= 15 is 0 Å². The zero-order valence-corrected chi connectivity index (χ0v) is 19.5. The van der Waals surface area contributed by atoms with Gasteiger partial charge >= 0.3 is 12.0 Å². The highest BCUT2D eigenvalue weighted by Crippen LogP contribution is 2.29. The number of benzene rings is 3. The number of hydrogen-bond donors (Lipinski definition) is 1. The fraction of sp³-hybridized carbons (Fsp3) is 0.0769. The van der Waals surface area contributed by atoms with Crippen molar-refractivity contribution < 1.29 is 33.0 Å². The van der Waals surface area contributed by atoms with Crippen molar-refractivity contribution in [2.45, 2.75) is 6.61 Å². The maximum Gasteiger partial charge on any atom is 0.337 e. The number of methoxy groups -OCH3 is 1. The van der Waals surface area contributed by atoms with Gasteiger partial charge in [0.15, 0.2) is 0 Å². The van der Waals surface area contributed by atoms with Gasteiger partial charge in [0.05, 0.1) is 18.4 Å². The smallest absolute Gasteiger partial charge is 0.337 e. The number of ether oxygens (including phenoxy) is 2. The van der Waals surface area contributed by atoms with Crippen molar-refractivity contribution in [1.82, 2.24) is 5.32 Å². The highest BCUT2D eigenvalue weighted by Gasteiger charge is 2.37. The standard InChI is InChI=1S/C26H18ClFN2O6/c1-35-25(33)16-5-8-20(9-6-16)30-24(32)21(23(31)29-26(30)34)13-17-12-18(27)7-10-22(17)36-14-15-3-2-4-19(28)11-15/h2-13H,14H2,1H3,(H,29,31,34)/b21-13+. The number of nitrogens with one attached hydrogen (secondary N) is 1. The van der Waals surface area contributed by atoms with Crippen LogP contribution in [-0.4, -0.2) is 30.9 Å². The van der Waals surface area contributed by atoms with Crippen molar-refractivity contribution in [2.24, 2.45) is 0 Å². The van der Waals surface area contributed by atoms with Crippen LogP contribution in [0.15, 0.2) is 72.3 Å². The highest BCUT2D eigenvalue weighted by atomic mass is 35.5. The molecule has 1 aliphatic rings. The summed E-state index contributed by atoms with van der Waals surface area (Å²) in [5.41, 5.74) is 0.883. The molecule has 10 heteroatoms. The van der Waals surface area contributed by atoms with Gasteiger partial charge in [-0.2, -0.15) is 0 Å². The van der Waals surface area contributed by atoms with Gasteiger partial charge in [0, 0.05) is 10.6 Å². The molecule has 0 saturated carbocycles. The van der Waals surface area contributed by atoms with Gasteiger partial charge in [0.25, 0.3) is 11.8 Å². The number of urea groups is 1. The minimum absolute atomic E-state index is 0.0207. The van der Waals surface area contributed by atoms with E-state index in [0.717, 1.165) is 4.90 Å². The number of esters is 1. The number of carbonyl (C=O) groups excluding carboxylic acids is 4. The molecule has 182 valence electrons. The van der Waals surface area contributed by atoms with Gasteiger partial charge in [-0.1, -0.05) is 23.7 Å². The molecule has 3 aromatic carbocycles. The van der Waals surface area contributed by atoms with Crippen LogP contribution < -0.4 is 15.0 Å². The first-order valence-corrected chi connectivity index (χ1v) is 10.9. The Balaban J connectivity index is 1.65. The number of barbiturate groups is 1. The summed E-state index contributed by atoms with van der Waals surface area (Å²) in [7, 11) is 1.23. The molecule has 4 amide bonds. The van der Waals surface area contributed by atoms with Crippen LogP contribution in [0, 0.1) is 5.82 Å². The molecular formula is C26H18ClFN2O6. The van der Waals surface area contributed by atoms with Crippen LogP contribution in [-0.2, 0) is 20.9 Å². The van der Waals surface area contributed by atoms with Gasteiger partial charge in [-0.05, 0) is 66.2 Å². The summed E-state index contributed by atoms with van der Waals surface area (Å²) < 4.78 is 23.9. The van der Waals surface area contributed by atoms with Crippen LogP contribution in [0.25, 0.3) is 6.08 Å². The predicted molar refractivity (Wildman–Crippen MR) is 129 cm³/mol. The molecule has 1 fully saturated rings. The fourth-order valence-corrected chi connectivity index (χ4v) is 3.64. The zero-order valence-electron chi connectivity index (χ0n) is 18.8. The molecule has 1 aliphatic heterocycles. The first kappa shape index (κ1) is 24.6. The average molecular weight is 509 g/mol. The van der Waals surface area contributed by atoms with Gasteiger partial charge in [0.1, 0.15) is 23.7 Å². The minimum Gasteiger partial charge on any atom is -0.488 e. The second kappa shape index (κ2) is 10.4. The second-order valence-electron chi connectivity index (χ2n) is 7.60. The number of imide groups is 2. The molecule has 1 heterocycles. The third kappa shape index (κ3) is 5.26. The molecule has 3 aromatic rings. The van der Waals surface area contributed by atoms with Gasteiger partial charge < -0.3 is 9.47 Å². The Hall–Kier alpha value is -4.50. The van der Waals surface area contributed by atoms with Crippen molar-refractivity contribution in [3.8, 4) is 5.75 Å². The third-order valence-corrected chi connectivity index (χ3v) is 5.44. The maximum atomic E-state index is 13.5. The second-order valence-corrected chi connectivity index (χ2v) is 8.03. The summed E-state index contributed by atoms with van der Waals surface area (Å²) in [6, 6.07) is 15.0. The molecule has 4 rings (SSSR count). The lowest BCUT2D eigenvalue weighted by Gasteiger charge is -2.26. The molecule has 0 spiro atoms. The highest BCUT2D eigenvalue weighted by molar-refractivity contribution is 6.39. The molecule has 8 nitrogen and oxygen atoms in total. The van der Waals surface area contributed by atoms with Gasteiger partial charge in [-0.25, -0.2) is 18.9 Å². The topological polar surface area (TPSA) is 102 Å². The summed E-state index contributed by atoms with van der Waals surface area (Å²) >= 11 is 6.12. The van der Waals surface area contributed by atoms with E-state index in [9.17, 15) is 23.6 Å². The average Bonchev–Trinajstić information content (AvgIpc) is 2.86. The van der Waals surface area contributed by atoms with E-state index in [-0.39, 0.29) is 29.2 Å². The van der Waals surface area contributed by atoms with Crippen LogP contribution in [0.4, 0.5) is 14.9 Å². The molecule has 0 unspecified atom stereocenters. The maximum absolute atomic E-state index is 13.5. The predicted octanol–water partition coefficient (Wildman–Crippen LogP) is 4.51. The number of anilines is 1. The Morgan fingerprint density at radius 1 is 1.06 bits per heavy atom. The Kier molecular flexibility index (Phi) is 7.12. The van der Waals surface area contributed by atoms with Crippen LogP contribution in [0.2, 0.25) is 5.02 Å². The SMILES string of the molecule is COC(=O)c1ccc(N2C(=O)NC(=O)/C(=C\c3cc(Cl)ccc3OCc3cccc(F)c3)C2=O)cc1. The number of carbonyl (C=O) groups is 4. The van der Waals surface area contributed by atoms with E-state index in [2.05, 4.69) is 10.1 Å². The van der Waals surface area contributed by atoms with E-state index in [1.807, 2.05) is 0 Å². The normalized spacial score (nSPS) is 14.6. The van der Waals surface area contributed by atoms with E-state index in [4.69, 9.17) is 16.3 Å². The van der Waals surface area contributed by atoms with E-state index in [1.165, 1.54) is 55.7 Å². The summed E-state index contributed by atoms with van der Waals surface area (Å²) in [6.07, 6.45) is 1.26. The fourth-order valence-electron chi connectivity index (χ4n) is 3.46. The zero-order chi connectivity index (χ0) is 25.8. The van der Waals surface area contributed by atoms with Crippen molar-refractivity contribution in [3.63, 3.8) is 0 Å². The van der Waals surface area contributed by atoms with Crippen LogP contribution in [0.1, 0.15) is 21.5 Å². The molecule has 1 saturated heterocycles. The first-order chi connectivity index (χ1) is 17.3. The molecular weight excluding hydrogens is 491 g/mol. The number of nitrogens with zero attached hydrogens (tertiary/aromatic N) is 1. The summed E-state index contributed by atoms with van der Waals surface area (Å²) in [5, 5.41) is 2.44. The van der Waals surface area contributed by atoms with Gasteiger partial charge in [-0.15, -0.1) is 0 Å². The summed E-state index contributed by atoms with van der Waals surface area (Å²) in [6.45, 7) is 0.0207. The van der Waals surface area contributed by atoms with Gasteiger partial charge in [0.2, 0.25) is 0 Å². The minimum atomic E-state index is -0.943. The van der Waals surface area contributed by atoms with Crippen molar-refractivity contribution >= 4 is 47.2 Å². The number of halogens is 2. The number of hydrogen-bond acceptors (Lipinski definition) is 6. The lowest BCUT2D eigenvalue weighted by molar-refractivity contribution is -0.122. The monoisotopic (exact) mass is 508 g/mol. The Morgan fingerprint density at radius 3 is 2.50 bits per heavy atom. The largest absolute Gasteiger partial charge is 0.488 e. The van der Waals surface area contributed by atoms with E-state index < -0.39 is 29.6 Å². The number of amides is 4. The van der Waals surface area contributed by atoms with Gasteiger partial charge in [-0.3, -0.25) is 14.9 Å². The molecule has 0 aliphatic carbocycles. The first-order valence-electron chi connectivity index (χ1n) is 10.5. The van der Waals surface area contributed by atoms with Crippen LogP contribution >= 0.6 is 11.6 Å². The van der Waals surface area contributed by atoms with Crippen LogP contribution in [0.5, 0.6) is 5.75 Å². The molecule has 0 aromatic heterocycles. The quantitative estimate of drug-likeness (QED) is 0.298. The Bertz CT molecular complexity index is 1400. The third-order valence-electron chi connectivity index (χ3n) is 5.20. The Labute approximate surface area is 209 Å². The van der Waals surface area contributed by atoms with Crippen molar-refractivity contribution in [3.05, 3.63) is 99.8 Å². The summed E-state index contributed by atoms with van der Waals surface area (Å²) in [4.78, 5) is 50.7. The summed E-state index contributed by atoms with van der Waals surface area (Å²) in [5.74, 6) is -2.50. The van der Waals surface area contributed by atoms with Crippen LogP contribution in [0.3, 0.4) is 0 Å². The number of rotatable bonds is 6. The van der Waals surface area contributed by atoms with Crippen molar-refractivity contribution in [2.75, 3.05) is 12.0 Å². The van der Waals surface area contributed by atoms with Crippen molar-refractivity contribution in [1.29, 1.82) is 0 Å². The van der Waals surface area contributed by atoms with E-state index in [0.29, 0.717) is 16.1 Å². The molecule has 0 atom stereocenters. The molecule has 36 heavy (non-hydrogen) atoms.